The molecule has 3 rings (SSSR count). The molecule has 2 aromatic carbocycles. The number of benzene rings is 2. The second-order valence-electron chi connectivity index (χ2n) is 5.05. The van der Waals surface area contributed by atoms with Crippen molar-refractivity contribution in [2.24, 2.45) is 0 Å². The van der Waals surface area contributed by atoms with Crippen LogP contribution in [0.25, 0.3) is 10.8 Å². The van der Waals surface area contributed by atoms with E-state index in [0.717, 1.165) is 22.8 Å². The topological polar surface area (TPSA) is 26.3 Å². The van der Waals surface area contributed by atoms with Crippen LogP contribution in [0.1, 0.15) is 28.3 Å². The fourth-order valence-corrected chi connectivity index (χ4v) is 3.31. The van der Waals surface area contributed by atoms with E-state index in [4.69, 9.17) is 4.74 Å². The minimum absolute atomic E-state index is 0.263. The van der Waals surface area contributed by atoms with Crippen LogP contribution < -0.4 is 0 Å². The molecule has 0 aliphatic heterocycles. The average Bonchev–Trinajstić information content (AvgIpc) is 2.53. The molecule has 3 heteroatoms. The molecule has 1 atom stereocenters. The number of allylic oxidation sites excluding steroid dienone is 4. The zero-order valence-electron chi connectivity index (χ0n) is 11.7. The number of rotatable bonds is 2. The molecule has 0 saturated heterocycles. The molecule has 1 unspecified atom stereocenters. The van der Waals surface area contributed by atoms with E-state index in [1.807, 2.05) is 30.3 Å². The van der Waals surface area contributed by atoms with Gasteiger partial charge in [0.05, 0.1) is 12.7 Å². The fraction of sp³-hybridized carbons (Fsp3) is 0.167. The van der Waals surface area contributed by atoms with Gasteiger partial charge in [0, 0.05) is 5.92 Å². The van der Waals surface area contributed by atoms with E-state index in [1.165, 1.54) is 11.6 Å². The quantitative estimate of drug-likeness (QED) is 0.722. The van der Waals surface area contributed by atoms with E-state index in [9.17, 15) is 4.79 Å². The maximum atomic E-state index is 12.1. The lowest BCUT2D eigenvalue weighted by molar-refractivity contribution is 0.0603. The van der Waals surface area contributed by atoms with Gasteiger partial charge < -0.3 is 4.74 Å². The van der Waals surface area contributed by atoms with Gasteiger partial charge in [0.15, 0.2) is 0 Å². The van der Waals surface area contributed by atoms with Crippen LogP contribution in [0.3, 0.4) is 0 Å². The Bertz CT molecular complexity index is 754. The van der Waals surface area contributed by atoms with Crippen LogP contribution in [0.2, 0.25) is 0 Å². The molecule has 106 valence electrons. The Morgan fingerprint density at radius 3 is 2.71 bits per heavy atom. The zero-order chi connectivity index (χ0) is 14.8. The largest absolute Gasteiger partial charge is 0.465 e. The lowest BCUT2D eigenvalue weighted by Crippen LogP contribution is -2.06. The molecule has 0 bridgehead atoms. The summed E-state index contributed by atoms with van der Waals surface area (Å²) >= 11 is 3.57. The third-order valence-electron chi connectivity index (χ3n) is 3.78. The Balaban J connectivity index is 2.21. The molecule has 21 heavy (non-hydrogen) atoms. The summed E-state index contributed by atoms with van der Waals surface area (Å²) in [5, 5.41) is 2.05. The minimum atomic E-state index is -0.289. The maximum absolute atomic E-state index is 12.1. The molecule has 0 aromatic heterocycles. The van der Waals surface area contributed by atoms with E-state index in [2.05, 4.69) is 40.2 Å². The van der Waals surface area contributed by atoms with Crippen molar-refractivity contribution in [3.8, 4) is 0 Å². The van der Waals surface area contributed by atoms with Crippen molar-refractivity contribution in [3.05, 3.63) is 70.2 Å². The second-order valence-corrected chi connectivity index (χ2v) is 6.07. The summed E-state index contributed by atoms with van der Waals surface area (Å²) in [7, 11) is 1.42. The number of esters is 1. The van der Waals surface area contributed by atoms with Gasteiger partial charge in [-0.1, -0.05) is 64.5 Å². The van der Waals surface area contributed by atoms with Crippen LogP contribution in [0, 0.1) is 0 Å². The number of carbonyl (C=O) groups is 1. The first-order valence-electron chi connectivity index (χ1n) is 6.83. The lowest BCUT2D eigenvalue weighted by Gasteiger charge is -2.19. The Morgan fingerprint density at radius 1 is 1.24 bits per heavy atom. The van der Waals surface area contributed by atoms with Crippen LogP contribution in [-0.4, -0.2) is 13.1 Å². The van der Waals surface area contributed by atoms with Crippen molar-refractivity contribution in [3.63, 3.8) is 0 Å². The molecule has 0 fully saturated rings. The van der Waals surface area contributed by atoms with Crippen molar-refractivity contribution in [2.45, 2.75) is 12.3 Å². The smallest absolute Gasteiger partial charge is 0.338 e. The second kappa shape index (κ2) is 5.86. The number of fused-ring (bicyclic) bond motifs is 1. The highest BCUT2D eigenvalue weighted by atomic mass is 79.9. The molecule has 2 nitrogen and oxygen atoms in total. The third-order valence-corrected chi connectivity index (χ3v) is 4.37. The number of halogens is 1. The predicted molar refractivity (Wildman–Crippen MR) is 88.8 cm³/mol. The number of hydrogen-bond donors (Lipinski definition) is 0. The standard InChI is InChI=1S/C18H15BrO2/c1-21-18(20)16-10-4-6-12-5-3-9-15(17(12)16)13-7-2-8-14(19)11-13/h2-10,13H,11H2,1H3. The van der Waals surface area contributed by atoms with Gasteiger partial charge in [0.25, 0.3) is 0 Å². The normalized spacial score (nSPS) is 17.6. The van der Waals surface area contributed by atoms with Gasteiger partial charge in [-0.3, -0.25) is 0 Å². The molecule has 0 saturated carbocycles. The van der Waals surface area contributed by atoms with E-state index >= 15 is 0 Å². The third kappa shape index (κ3) is 2.66. The van der Waals surface area contributed by atoms with E-state index in [0.29, 0.717) is 5.56 Å². The van der Waals surface area contributed by atoms with Crippen LogP contribution in [0.5, 0.6) is 0 Å². The van der Waals surface area contributed by atoms with Gasteiger partial charge >= 0.3 is 5.97 Å². The number of carbonyl (C=O) groups excluding carboxylic acids is 1. The molecular weight excluding hydrogens is 328 g/mol. The first-order chi connectivity index (χ1) is 10.2. The molecule has 1 aliphatic carbocycles. The number of hydrogen-bond acceptors (Lipinski definition) is 2. The van der Waals surface area contributed by atoms with E-state index in [-0.39, 0.29) is 11.9 Å². The maximum Gasteiger partial charge on any atom is 0.338 e. The summed E-state index contributed by atoms with van der Waals surface area (Å²) < 4.78 is 6.10. The summed E-state index contributed by atoms with van der Waals surface area (Å²) in [4.78, 5) is 12.1. The summed E-state index contributed by atoms with van der Waals surface area (Å²) in [5.74, 6) is -0.0265. The predicted octanol–water partition coefficient (Wildman–Crippen LogP) is 4.95. The van der Waals surface area contributed by atoms with Crippen molar-refractivity contribution < 1.29 is 9.53 Å². The van der Waals surface area contributed by atoms with Gasteiger partial charge in [-0.25, -0.2) is 4.79 Å². The summed E-state index contributed by atoms with van der Waals surface area (Å²) in [6.07, 6.45) is 7.19. The van der Waals surface area contributed by atoms with Crippen LogP contribution in [0.4, 0.5) is 0 Å². The van der Waals surface area contributed by atoms with Crippen LogP contribution >= 0.6 is 15.9 Å². The molecule has 0 heterocycles. The number of methoxy groups -OCH3 is 1. The minimum Gasteiger partial charge on any atom is -0.465 e. The van der Waals surface area contributed by atoms with Crippen LogP contribution in [-0.2, 0) is 4.74 Å². The molecule has 1 aliphatic rings. The van der Waals surface area contributed by atoms with Crippen molar-refractivity contribution in [1.82, 2.24) is 0 Å². The summed E-state index contributed by atoms with van der Waals surface area (Å²) in [6, 6.07) is 11.9. The highest BCUT2D eigenvalue weighted by Gasteiger charge is 2.19. The first-order valence-corrected chi connectivity index (χ1v) is 7.63. The summed E-state index contributed by atoms with van der Waals surface area (Å²) in [5.41, 5.74) is 1.79. The fourth-order valence-electron chi connectivity index (χ4n) is 2.81. The van der Waals surface area contributed by atoms with Crippen molar-refractivity contribution >= 4 is 32.7 Å². The van der Waals surface area contributed by atoms with Gasteiger partial charge in [-0.05, 0) is 33.3 Å². The number of ether oxygens (including phenoxy) is 1. The van der Waals surface area contributed by atoms with Gasteiger partial charge in [0.1, 0.15) is 0 Å². The Kier molecular flexibility index (Phi) is 3.93. The highest BCUT2D eigenvalue weighted by Crippen LogP contribution is 2.36. The summed E-state index contributed by atoms with van der Waals surface area (Å²) in [6.45, 7) is 0. The van der Waals surface area contributed by atoms with Gasteiger partial charge in [-0.15, -0.1) is 0 Å². The van der Waals surface area contributed by atoms with E-state index < -0.39 is 0 Å². The Hall–Kier alpha value is -1.87. The first kappa shape index (κ1) is 14.1. The van der Waals surface area contributed by atoms with Crippen molar-refractivity contribution in [2.75, 3.05) is 7.11 Å². The molecule has 0 radical (unpaired) electrons. The molecule has 2 aromatic rings. The molecule has 0 amide bonds. The lowest BCUT2D eigenvalue weighted by atomic mass is 9.87. The van der Waals surface area contributed by atoms with E-state index in [1.54, 1.807) is 0 Å². The SMILES string of the molecule is COC(=O)c1cccc2cccc(C3C=CC=C(Br)C3)c12. The van der Waals surface area contributed by atoms with Crippen molar-refractivity contribution in [1.29, 1.82) is 0 Å². The van der Waals surface area contributed by atoms with Gasteiger partial charge in [-0.2, -0.15) is 0 Å². The molecular formula is C18H15BrO2. The Morgan fingerprint density at radius 2 is 2.00 bits per heavy atom. The van der Waals surface area contributed by atoms with Crippen LogP contribution in [0.15, 0.2) is 59.1 Å². The molecule has 0 spiro atoms. The molecule has 0 N–H and O–H groups in total. The Labute approximate surface area is 132 Å². The zero-order valence-corrected chi connectivity index (χ0v) is 13.3. The highest BCUT2D eigenvalue weighted by molar-refractivity contribution is 9.11. The average molecular weight is 343 g/mol. The van der Waals surface area contributed by atoms with Gasteiger partial charge in [0.2, 0.25) is 0 Å². The monoisotopic (exact) mass is 342 g/mol.